The lowest BCUT2D eigenvalue weighted by Crippen LogP contribution is -2.42. The number of anilines is 1. The van der Waals surface area contributed by atoms with Crippen molar-refractivity contribution < 1.29 is 4.79 Å². The van der Waals surface area contributed by atoms with Gasteiger partial charge in [-0.05, 0) is 62.6 Å². The fourth-order valence-corrected chi connectivity index (χ4v) is 4.20. The Kier molecular flexibility index (Phi) is 4.03. The van der Waals surface area contributed by atoms with Crippen LogP contribution in [0.15, 0.2) is 24.3 Å². The fourth-order valence-electron chi connectivity index (χ4n) is 4.20. The van der Waals surface area contributed by atoms with Crippen LogP contribution in [0.3, 0.4) is 0 Å². The predicted molar refractivity (Wildman–Crippen MR) is 85.9 cm³/mol. The van der Waals surface area contributed by atoms with Crippen LogP contribution in [0.5, 0.6) is 0 Å². The largest absolute Gasteiger partial charge is 0.326 e. The summed E-state index contributed by atoms with van der Waals surface area (Å²) >= 11 is 0. The van der Waals surface area contributed by atoms with E-state index < -0.39 is 0 Å². The molecule has 2 bridgehead atoms. The zero-order chi connectivity index (χ0) is 15.0. The predicted octanol–water partition coefficient (Wildman–Crippen LogP) is 3.32. The van der Waals surface area contributed by atoms with Gasteiger partial charge in [0.25, 0.3) is 0 Å². The van der Waals surface area contributed by atoms with Crippen LogP contribution >= 0.6 is 0 Å². The summed E-state index contributed by atoms with van der Waals surface area (Å²) in [5.74, 6) is 2.02. The molecule has 3 atom stereocenters. The first kappa shape index (κ1) is 14.6. The second kappa shape index (κ2) is 5.80. The minimum absolute atomic E-state index is 0.195. The van der Waals surface area contributed by atoms with Crippen LogP contribution in [0.25, 0.3) is 0 Å². The minimum atomic E-state index is 0.195. The van der Waals surface area contributed by atoms with Crippen molar-refractivity contribution in [2.45, 2.75) is 52.1 Å². The lowest BCUT2D eigenvalue weighted by atomic mass is 9.87. The quantitative estimate of drug-likeness (QED) is 0.923. The molecular weight excluding hydrogens is 260 g/mol. The number of fused-ring (bicyclic) bond motifs is 2. The summed E-state index contributed by atoms with van der Waals surface area (Å²) in [4.78, 5) is 15.0. The van der Waals surface area contributed by atoms with Crippen molar-refractivity contribution in [1.82, 2.24) is 0 Å². The molecule has 2 aliphatic carbocycles. The molecule has 0 spiro atoms. The smallest absolute Gasteiger partial charge is 0.230 e. The molecular formula is C18H26N2O. The van der Waals surface area contributed by atoms with Gasteiger partial charge < -0.3 is 10.6 Å². The first-order chi connectivity index (χ1) is 10.1. The fraction of sp³-hybridized carbons (Fsp3) is 0.611. The number of hydrogen-bond donors (Lipinski definition) is 1. The Balaban J connectivity index is 1.82. The van der Waals surface area contributed by atoms with Gasteiger partial charge in [-0.3, -0.25) is 4.79 Å². The molecule has 0 heterocycles. The number of amides is 1. The van der Waals surface area contributed by atoms with Crippen LogP contribution < -0.4 is 10.6 Å². The van der Waals surface area contributed by atoms with Gasteiger partial charge in [0.1, 0.15) is 0 Å². The molecule has 1 amide bonds. The normalized spacial score (nSPS) is 27.3. The molecule has 2 saturated carbocycles. The second-order valence-electron chi connectivity index (χ2n) is 6.95. The molecule has 0 aromatic heterocycles. The second-order valence-corrected chi connectivity index (χ2v) is 6.95. The van der Waals surface area contributed by atoms with E-state index >= 15 is 0 Å². The molecule has 21 heavy (non-hydrogen) atoms. The van der Waals surface area contributed by atoms with Gasteiger partial charge >= 0.3 is 0 Å². The molecule has 0 aliphatic heterocycles. The van der Waals surface area contributed by atoms with Crippen LogP contribution in [-0.4, -0.2) is 11.9 Å². The maximum Gasteiger partial charge on any atom is 0.230 e. The Morgan fingerprint density at radius 3 is 2.43 bits per heavy atom. The Bertz CT molecular complexity index is 508. The highest BCUT2D eigenvalue weighted by Crippen LogP contribution is 2.49. The molecule has 2 N–H and O–H groups in total. The number of carbonyl (C=O) groups excluding carboxylic acids is 1. The maximum absolute atomic E-state index is 13.0. The topological polar surface area (TPSA) is 46.3 Å². The van der Waals surface area contributed by atoms with E-state index in [0.717, 1.165) is 23.6 Å². The molecule has 3 nitrogen and oxygen atoms in total. The van der Waals surface area contributed by atoms with E-state index in [1.54, 1.807) is 0 Å². The Morgan fingerprint density at radius 1 is 1.24 bits per heavy atom. The summed E-state index contributed by atoms with van der Waals surface area (Å²) < 4.78 is 0. The number of carbonyl (C=O) groups is 1. The zero-order valence-electron chi connectivity index (χ0n) is 13.1. The van der Waals surface area contributed by atoms with Crippen molar-refractivity contribution in [3.05, 3.63) is 29.8 Å². The number of nitrogens with zero attached hydrogens (tertiary/aromatic N) is 1. The Labute approximate surface area is 127 Å². The van der Waals surface area contributed by atoms with Crippen LogP contribution in [-0.2, 0) is 11.3 Å². The number of nitrogens with two attached hydrogens (primary N) is 1. The van der Waals surface area contributed by atoms with Crippen molar-refractivity contribution >= 4 is 11.6 Å². The van der Waals surface area contributed by atoms with Crippen molar-refractivity contribution in [2.75, 3.05) is 4.90 Å². The molecule has 2 fully saturated rings. The highest BCUT2D eigenvalue weighted by atomic mass is 16.2. The van der Waals surface area contributed by atoms with Gasteiger partial charge in [-0.2, -0.15) is 0 Å². The van der Waals surface area contributed by atoms with E-state index in [1.807, 2.05) is 29.2 Å². The van der Waals surface area contributed by atoms with Crippen molar-refractivity contribution in [3.63, 3.8) is 0 Å². The van der Waals surface area contributed by atoms with E-state index in [2.05, 4.69) is 13.8 Å². The molecule has 3 rings (SSSR count). The van der Waals surface area contributed by atoms with Gasteiger partial charge in [-0.25, -0.2) is 0 Å². The van der Waals surface area contributed by atoms with Gasteiger partial charge in [0, 0.05) is 24.2 Å². The third-order valence-corrected chi connectivity index (χ3v) is 5.26. The average molecular weight is 286 g/mol. The third kappa shape index (κ3) is 2.71. The van der Waals surface area contributed by atoms with Gasteiger partial charge in [0.15, 0.2) is 0 Å². The van der Waals surface area contributed by atoms with Crippen LogP contribution in [0, 0.1) is 17.8 Å². The molecule has 0 saturated heterocycles. The molecule has 1 aromatic carbocycles. The van der Waals surface area contributed by atoms with E-state index in [9.17, 15) is 4.79 Å². The van der Waals surface area contributed by atoms with Crippen molar-refractivity contribution in [2.24, 2.45) is 23.5 Å². The zero-order valence-corrected chi connectivity index (χ0v) is 13.1. The first-order valence-corrected chi connectivity index (χ1v) is 8.22. The average Bonchev–Trinajstić information content (AvgIpc) is 3.10. The summed E-state index contributed by atoms with van der Waals surface area (Å²) in [6.45, 7) is 4.74. The SMILES string of the molecule is CC(C)N(C(=O)C1CC2CCC1C2)c1ccc(CN)cc1. The summed E-state index contributed by atoms with van der Waals surface area (Å²) in [5, 5.41) is 0. The van der Waals surface area contributed by atoms with Crippen LogP contribution in [0.4, 0.5) is 5.69 Å². The van der Waals surface area contributed by atoms with Crippen molar-refractivity contribution in [3.8, 4) is 0 Å². The number of rotatable bonds is 4. The summed E-state index contributed by atoms with van der Waals surface area (Å²) in [5.41, 5.74) is 7.77. The molecule has 2 aliphatic rings. The Morgan fingerprint density at radius 2 is 1.95 bits per heavy atom. The molecule has 0 radical (unpaired) electrons. The first-order valence-electron chi connectivity index (χ1n) is 8.22. The van der Waals surface area contributed by atoms with E-state index in [-0.39, 0.29) is 12.0 Å². The Hall–Kier alpha value is -1.35. The van der Waals surface area contributed by atoms with Crippen molar-refractivity contribution in [1.29, 1.82) is 0 Å². The lowest BCUT2D eigenvalue weighted by Gasteiger charge is -2.32. The van der Waals surface area contributed by atoms with Gasteiger partial charge in [-0.1, -0.05) is 18.6 Å². The van der Waals surface area contributed by atoms with E-state index in [1.165, 1.54) is 19.3 Å². The van der Waals surface area contributed by atoms with Gasteiger partial charge in [-0.15, -0.1) is 0 Å². The third-order valence-electron chi connectivity index (χ3n) is 5.26. The summed E-state index contributed by atoms with van der Waals surface area (Å²) in [6.07, 6.45) is 4.96. The van der Waals surface area contributed by atoms with Crippen LogP contribution in [0.1, 0.15) is 45.1 Å². The summed E-state index contributed by atoms with van der Waals surface area (Å²) in [6, 6.07) is 8.32. The monoisotopic (exact) mass is 286 g/mol. The minimum Gasteiger partial charge on any atom is -0.326 e. The van der Waals surface area contributed by atoms with E-state index in [4.69, 9.17) is 5.73 Å². The molecule has 1 aromatic rings. The lowest BCUT2D eigenvalue weighted by molar-refractivity contribution is -0.124. The van der Waals surface area contributed by atoms with E-state index in [0.29, 0.717) is 18.4 Å². The van der Waals surface area contributed by atoms with Crippen LogP contribution in [0.2, 0.25) is 0 Å². The number of hydrogen-bond acceptors (Lipinski definition) is 2. The highest BCUT2D eigenvalue weighted by molar-refractivity contribution is 5.96. The van der Waals surface area contributed by atoms with Gasteiger partial charge in [0.05, 0.1) is 0 Å². The maximum atomic E-state index is 13.0. The molecule has 3 unspecified atom stereocenters. The molecule has 3 heteroatoms. The molecule has 114 valence electrons. The highest BCUT2D eigenvalue weighted by Gasteiger charge is 2.44. The van der Waals surface area contributed by atoms with Gasteiger partial charge in [0.2, 0.25) is 5.91 Å². The standard InChI is InChI=1S/C18H26N2O/c1-12(2)20(16-7-4-13(11-19)5-8-16)18(21)17-10-14-3-6-15(17)9-14/h4-5,7-8,12,14-15,17H,3,6,9-11,19H2,1-2H3. The summed E-state index contributed by atoms with van der Waals surface area (Å²) in [7, 11) is 0. The number of benzene rings is 1.